The molecule has 1 amide bonds. The molecule has 0 N–H and O–H groups in total. The molecule has 6 heteroatoms. The van der Waals surface area contributed by atoms with Gasteiger partial charge in [-0.2, -0.15) is 0 Å². The molecule has 2 aromatic rings. The second-order valence-electron chi connectivity index (χ2n) is 6.96. The molecule has 1 saturated heterocycles. The minimum absolute atomic E-state index is 0.0215. The van der Waals surface area contributed by atoms with Gasteiger partial charge in [-0.3, -0.25) is 14.2 Å². The summed E-state index contributed by atoms with van der Waals surface area (Å²) in [7, 11) is 0. The minimum Gasteiger partial charge on any atom is -0.342 e. The summed E-state index contributed by atoms with van der Waals surface area (Å²) in [5.74, 6) is 0.162. The standard InChI is InChI=1S/C19H23N3O2S/c1-13(17(23)21-11-5-2-6-12-21)25-19-20-16-8-4-3-7-15(16)18(24)22(19)14-9-10-14/h3-4,7-8,13-14H,2,5-6,9-12H2,1H3/t13-/m0/s1. The molecule has 25 heavy (non-hydrogen) atoms. The Morgan fingerprint density at radius 2 is 1.92 bits per heavy atom. The maximum absolute atomic E-state index is 12.9. The molecule has 0 bridgehead atoms. The third kappa shape index (κ3) is 3.32. The first-order valence-electron chi connectivity index (χ1n) is 9.12. The van der Waals surface area contributed by atoms with E-state index in [1.165, 1.54) is 18.2 Å². The summed E-state index contributed by atoms with van der Waals surface area (Å²) in [5, 5.41) is 1.12. The number of hydrogen-bond donors (Lipinski definition) is 0. The predicted molar refractivity (Wildman–Crippen MR) is 100 cm³/mol. The van der Waals surface area contributed by atoms with Gasteiger partial charge in [-0.05, 0) is 51.2 Å². The molecule has 5 nitrogen and oxygen atoms in total. The van der Waals surface area contributed by atoms with Crippen molar-refractivity contribution >= 4 is 28.6 Å². The lowest BCUT2D eigenvalue weighted by atomic mass is 10.1. The van der Waals surface area contributed by atoms with Crippen LogP contribution in [-0.2, 0) is 4.79 Å². The molecular weight excluding hydrogens is 334 g/mol. The topological polar surface area (TPSA) is 55.2 Å². The summed E-state index contributed by atoms with van der Waals surface area (Å²) in [4.78, 5) is 32.3. The lowest BCUT2D eigenvalue weighted by Gasteiger charge is -2.29. The van der Waals surface area contributed by atoms with E-state index in [0.717, 1.165) is 38.8 Å². The molecular formula is C19H23N3O2S. The van der Waals surface area contributed by atoms with Crippen molar-refractivity contribution in [1.29, 1.82) is 0 Å². The van der Waals surface area contributed by atoms with Crippen LogP contribution < -0.4 is 5.56 Å². The second kappa shape index (κ2) is 6.83. The van der Waals surface area contributed by atoms with Crippen LogP contribution in [0.15, 0.2) is 34.2 Å². The van der Waals surface area contributed by atoms with Gasteiger partial charge in [-0.25, -0.2) is 4.98 Å². The van der Waals surface area contributed by atoms with Crippen molar-refractivity contribution < 1.29 is 4.79 Å². The molecule has 0 radical (unpaired) electrons. The number of aromatic nitrogens is 2. The van der Waals surface area contributed by atoms with Crippen molar-refractivity contribution in [3.05, 3.63) is 34.6 Å². The molecule has 2 fully saturated rings. The van der Waals surface area contributed by atoms with Gasteiger partial charge in [-0.1, -0.05) is 23.9 Å². The number of nitrogens with zero attached hydrogens (tertiary/aromatic N) is 3. The molecule has 0 unspecified atom stereocenters. The van der Waals surface area contributed by atoms with Gasteiger partial charge >= 0.3 is 0 Å². The van der Waals surface area contributed by atoms with E-state index in [4.69, 9.17) is 4.98 Å². The average Bonchev–Trinajstić information content (AvgIpc) is 3.47. The molecule has 1 aromatic carbocycles. The number of rotatable bonds is 4. The zero-order chi connectivity index (χ0) is 17.4. The first-order chi connectivity index (χ1) is 12.1. The Balaban J connectivity index is 1.65. The van der Waals surface area contributed by atoms with Gasteiger partial charge in [0.15, 0.2) is 5.16 Å². The molecule has 0 spiro atoms. The van der Waals surface area contributed by atoms with Gasteiger partial charge in [0.1, 0.15) is 0 Å². The smallest absolute Gasteiger partial charge is 0.262 e. The average molecular weight is 357 g/mol. The first kappa shape index (κ1) is 16.6. The van der Waals surface area contributed by atoms with Crippen molar-refractivity contribution in [3.8, 4) is 0 Å². The van der Waals surface area contributed by atoms with Crippen LogP contribution in [0.2, 0.25) is 0 Å². The van der Waals surface area contributed by atoms with E-state index in [0.29, 0.717) is 16.1 Å². The number of amides is 1. The lowest BCUT2D eigenvalue weighted by molar-refractivity contribution is -0.131. The first-order valence-corrected chi connectivity index (χ1v) is 10.00. The van der Waals surface area contributed by atoms with Gasteiger partial charge in [0, 0.05) is 19.1 Å². The molecule has 1 atom stereocenters. The van der Waals surface area contributed by atoms with Crippen molar-refractivity contribution in [3.63, 3.8) is 0 Å². The molecule has 4 rings (SSSR count). The summed E-state index contributed by atoms with van der Waals surface area (Å²) in [6, 6.07) is 7.71. The summed E-state index contributed by atoms with van der Waals surface area (Å²) in [6.45, 7) is 3.63. The Morgan fingerprint density at radius 3 is 2.64 bits per heavy atom. The summed E-state index contributed by atoms with van der Waals surface area (Å²) in [5.41, 5.74) is 0.734. The van der Waals surface area contributed by atoms with E-state index in [2.05, 4.69) is 0 Å². The SMILES string of the molecule is C[C@H](Sc1nc2ccccc2c(=O)n1C1CC1)C(=O)N1CCCCC1. The quantitative estimate of drug-likeness (QED) is 0.623. The van der Waals surface area contributed by atoms with Crippen molar-refractivity contribution in [2.45, 2.75) is 55.5 Å². The number of thioether (sulfide) groups is 1. The summed E-state index contributed by atoms with van der Waals surface area (Å²) in [6.07, 6.45) is 5.41. The highest BCUT2D eigenvalue weighted by atomic mass is 32.2. The zero-order valence-corrected chi connectivity index (χ0v) is 15.3. The maximum Gasteiger partial charge on any atom is 0.262 e. The van der Waals surface area contributed by atoms with Gasteiger partial charge in [-0.15, -0.1) is 0 Å². The molecule has 132 valence electrons. The Bertz CT molecular complexity index is 853. The molecule has 1 saturated carbocycles. The molecule has 2 heterocycles. The van der Waals surface area contributed by atoms with Gasteiger partial charge < -0.3 is 4.90 Å². The van der Waals surface area contributed by atoms with Gasteiger partial charge in [0.2, 0.25) is 5.91 Å². The minimum atomic E-state index is -0.226. The van der Waals surface area contributed by atoms with Crippen LogP contribution in [0.3, 0.4) is 0 Å². The highest BCUT2D eigenvalue weighted by molar-refractivity contribution is 8.00. The number of carbonyl (C=O) groups is 1. The number of carbonyl (C=O) groups excluding carboxylic acids is 1. The third-order valence-corrected chi connectivity index (χ3v) is 6.04. The van der Waals surface area contributed by atoms with Crippen molar-refractivity contribution in [2.75, 3.05) is 13.1 Å². The summed E-state index contributed by atoms with van der Waals surface area (Å²) >= 11 is 1.43. The number of para-hydroxylation sites is 1. The third-order valence-electron chi connectivity index (χ3n) is 4.99. The van der Waals surface area contributed by atoms with Crippen LogP contribution >= 0.6 is 11.8 Å². The zero-order valence-electron chi connectivity index (χ0n) is 14.5. The van der Waals surface area contributed by atoms with E-state index < -0.39 is 0 Å². The predicted octanol–water partition coefficient (Wildman–Crippen LogP) is 3.22. The van der Waals surface area contributed by atoms with Crippen LogP contribution in [0, 0.1) is 0 Å². The second-order valence-corrected chi connectivity index (χ2v) is 8.27. The monoisotopic (exact) mass is 357 g/mol. The van der Waals surface area contributed by atoms with E-state index in [1.807, 2.05) is 40.7 Å². The van der Waals surface area contributed by atoms with Crippen LogP contribution in [0.5, 0.6) is 0 Å². The van der Waals surface area contributed by atoms with Gasteiger partial charge in [0.25, 0.3) is 5.56 Å². The molecule has 2 aliphatic rings. The van der Waals surface area contributed by atoms with E-state index in [9.17, 15) is 9.59 Å². The lowest BCUT2D eigenvalue weighted by Crippen LogP contribution is -2.40. The highest BCUT2D eigenvalue weighted by Gasteiger charge is 2.31. The molecule has 1 aliphatic carbocycles. The van der Waals surface area contributed by atoms with Gasteiger partial charge in [0.05, 0.1) is 16.2 Å². The van der Waals surface area contributed by atoms with Crippen LogP contribution in [0.1, 0.15) is 45.1 Å². The number of fused-ring (bicyclic) bond motifs is 1. The van der Waals surface area contributed by atoms with Crippen LogP contribution in [-0.4, -0.2) is 38.7 Å². The normalized spacial score (nSPS) is 19.2. The number of piperidine rings is 1. The van der Waals surface area contributed by atoms with Crippen molar-refractivity contribution in [2.24, 2.45) is 0 Å². The van der Waals surface area contributed by atoms with E-state index in [-0.39, 0.29) is 22.8 Å². The molecule has 1 aromatic heterocycles. The van der Waals surface area contributed by atoms with E-state index >= 15 is 0 Å². The Hall–Kier alpha value is -1.82. The fourth-order valence-corrected chi connectivity index (χ4v) is 4.51. The number of likely N-dealkylation sites (tertiary alicyclic amines) is 1. The fraction of sp³-hybridized carbons (Fsp3) is 0.526. The van der Waals surface area contributed by atoms with Crippen LogP contribution in [0.25, 0.3) is 10.9 Å². The maximum atomic E-state index is 12.9. The number of benzene rings is 1. The number of hydrogen-bond acceptors (Lipinski definition) is 4. The largest absolute Gasteiger partial charge is 0.342 e. The Labute approximate surface area is 151 Å². The van der Waals surface area contributed by atoms with Crippen LogP contribution in [0.4, 0.5) is 0 Å². The van der Waals surface area contributed by atoms with E-state index in [1.54, 1.807) is 0 Å². The Kier molecular flexibility index (Phi) is 4.54. The van der Waals surface area contributed by atoms with Crippen molar-refractivity contribution in [1.82, 2.24) is 14.5 Å². The fourth-order valence-electron chi connectivity index (χ4n) is 3.44. The highest BCUT2D eigenvalue weighted by Crippen LogP contribution is 2.37. The molecule has 1 aliphatic heterocycles. The summed E-state index contributed by atoms with van der Waals surface area (Å²) < 4.78 is 1.81. The Morgan fingerprint density at radius 1 is 1.20 bits per heavy atom.